The number of anilines is 1. The van der Waals surface area contributed by atoms with Gasteiger partial charge in [0.2, 0.25) is 5.91 Å². The third-order valence-electron chi connectivity index (χ3n) is 4.47. The molecule has 5 heteroatoms. The van der Waals surface area contributed by atoms with E-state index in [4.69, 9.17) is 0 Å². The molecule has 1 N–H and O–H groups in total. The number of para-hydroxylation sites is 1. The van der Waals surface area contributed by atoms with E-state index in [9.17, 15) is 14.0 Å². The maximum atomic E-state index is 13.7. The van der Waals surface area contributed by atoms with Gasteiger partial charge < -0.3 is 10.2 Å². The van der Waals surface area contributed by atoms with Gasteiger partial charge in [0.25, 0.3) is 5.91 Å². The van der Waals surface area contributed by atoms with Crippen molar-refractivity contribution in [3.05, 3.63) is 65.0 Å². The molecule has 0 saturated carbocycles. The van der Waals surface area contributed by atoms with E-state index in [1.165, 1.54) is 6.07 Å². The number of likely N-dealkylation sites (tertiary alicyclic amines) is 1. The van der Waals surface area contributed by atoms with E-state index < -0.39 is 5.82 Å². The van der Waals surface area contributed by atoms with Crippen LogP contribution >= 0.6 is 0 Å². The summed E-state index contributed by atoms with van der Waals surface area (Å²) < 4.78 is 13.7. The van der Waals surface area contributed by atoms with Crippen LogP contribution in [0.5, 0.6) is 0 Å². The largest absolute Gasteiger partial charge is 0.339 e. The van der Waals surface area contributed by atoms with Crippen molar-refractivity contribution in [3.8, 4) is 0 Å². The zero-order chi connectivity index (χ0) is 17.8. The fourth-order valence-electron chi connectivity index (χ4n) is 3.10. The van der Waals surface area contributed by atoms with Gasteiger partial charge in [-0.1, -0.05) is 30.3 Å². The summed E-state index contributed by atoms with van der Waals surface area (Å²) in [6, 6.07) is 11.6. The van der Waals surface area contributed by atoms with E-state index in [1.54, 1.807) is 29.2 Å². The van der Waals surface area contributed by atoms with Crippen LogP contribution in [0.25, 0.3) is 0 Å². The molecule has 4 nitrogen and oxygen atoms in total. The van der Waals surface area contributed by atoms with Crippen molar-refractivity contribution in [2.45, 2.75) is 26.2 Å². The van der Waals surface area contributed by atoms with Crippen LogP contribution in [0.3, 0.4) is 0 Å². The molecule has 1 aliphatic rings. The first-order valence-corrected chi connectivity index (χ1v) is 8.48. The van der Waals surface area contributed by atoms with Crippen LogP contribution in [-0.2, 0) is 11.2 Å². The number of aryl methyl sites for hydroxylation is 1. The Hall–Kier alpha value is -2.69. The van der Waals surface area contributed by atoms with Crippen molar-refractivity contribution in [1.82, 2.24) is 4.90 Å². The van der Waals surface area contributed by atoms with Gasteiger partial charge in [-0.25, -0.2) is 4.39 Å². The number of carbonyl (C=O) groups excluding carboxylic acids is 2. The van der Waals surface area contributed by atoms with Crippen molar-refractivity contribution < 1.29 is 14.0 Å². The standard InChI is InChI=1S/C20H21FN2O2/c1-14-7-6-9-16(20(25)23-11-4-5-12-23)19(14)22-18(24)13-15-8-2-3-10-17(15)21/h2-3,6-10H,4-5,11-13H2,1H3,(H,22,24). The Kier molecular flexibility index (Phi) is 5.12. The second kappa shape index (κ2) is 7.47. The van der Waals surface area contributed by atoms with Gasteiger partial charge in [-0.15, -0.1) is 0 Å². The molecule has 3 rings (SSSR count). The molecule has 1 heterocycles. The summed E-state index contributed by atoms with van der Waals surface area (Å²) >= 11 is 0. The molecule has 0 aromatic heterocycles. The Morgan fingerprint density at radius 1 is 1.08 bits per heavy atom. The summed E-state index contributed by atoms with van der Waals surface area (Å²) in [5.74, 6) is -0.812. The fourth-order valence-corrected chi connectivity index (χ4v) is 3.10. The fraction of sp³-hybridized carbons (Fsp3) is 0.300. The first kappa shape index (κ1) is 17.1. The summed E-state index contributed by atoms with van der Waals surface area (Å²) in [4.78, 5) is 26.9. The highest BCUT2D eigenvalue weighted by molar-refractivity contribution is 6.05. The van der Waals surface area contributed by atoms with Gasteiger partial charge in [0.15, 0.2) is 0 Å². The molecular formula is C20H21FN2O2. The molecule has 0 radical (unpaired) electrons. The van der Waals surface area contributed by atoms with Gasteiger partial charge in [-0.3, -0.25) is 9.59 Å². The Labute approximate surface area is 146 Å². The topological polar surface area (TPSA) is 49.4 Å². The quantitative estimate of drug-likeness (QED) is 0.925. The first-order valence-electron chi connectivity index (χ1n) is 8.48. The second-order valence-electron chi connectivity index (χ2n) is 6.31. The van der Waals surface area contributed by atoms with Crippen LogP contribution in [0.1, 0.15) is 34.3 Å². The number of rotatable bonds is 4. The number of hydrogen-bond donors (Lipinski definition) is 1. The Bertz CT molecular complexity index is 798. The zero-order valence-electron chi connectivity index (χ0n) is 14.2. The zero-order valence-corrected chi connectivity index (χ0v) is 14.2. The number of halogens is 1. The van der Waals surface area contributed by atoms with E-state index in [0.29, 0.717) is 16.8 Å². The minimum Gasteiger partial charge on any atom is -0.339 e. The van der Waals surface area contributed by atoms with Crippen molar-refractivity contribution in [1.29, 1.82) is 0 Å². The normalized spacial score (nSPS) is 13.8. The van der Waals surface area contributed by atoms with Crippen LogP contribution in [0.4, 0.5) is 10.1 Å². The van der Waals surface area contributed by atoms with Crippen LogP contribution < -0.4 is 5.32 Å². The number of benzene rings is 2. The van der Waals surface area contributed by atoms with Gasteiger partial charge in [0.05, 0.1) is 17.7 Å². The summed E-state index contributed by atoms with van der Waals surface area (Å²) in [6.07, 6.45) is 1.94. The maximum absolute atomic E-state index is 13.7. The lowest BCUT2D eigenvalue weighted by Crippen LogP contribution is -2.29. The molecule has 130 valence electrons. The van der Waals surface area contributed by atoms with Gasteiger partial charge >= 0.3 is 0 Å². The molecule has 0 atom stereocenters. The molecule has 0 spiro atoms. The van der Waals surface area contributed by atoms with Crippen molar-refractivity contribution in [3.63, 3.8) is 0 Å². The molecule has 2 aromatic carbocycles. The number of amides is 2. The highest BCUT2D eigenvalue weighted by Crippen LogP contribution is 2.24. The Balaban J connectivity index is 1.80. The molecule has 2 amide bonds. The lowest BCUT2D eigenvalue weighted by atomic mass is 10.1. The van der Waals surface area contributed by atoms with Gasteiger partial charge in [-0.2, -0.15) is 0 Å². The van der Waals surface area contributed by atoms with Crippen LogP contribution in [0.2, 0.25) is 0 Å². The smallest absolute Gasteiger partial charge is 0.255 e. The molecule has 25 heavy (non-hydrogen) atoms. The van der Waals surface area contributed by atoms with Gasteiger partial charge in [-0.05, 0) is 43.0 Å². The van der Waals surface area contributed by atoms with Crippen molar-refractivity contribution in [2.75, 3.05) is 18.4 Å². The average molecular weight is 340 g/mol. The maximum Gasteiger partial charge on any atom is 0.255 e. The summed E-state index contributed by atoms with van der Waals surface area (Å²) in [7, 11) is 0. The molecule has 2 aromatic rings. The van der Waals surface area contributed by atoms with E-state index in [-0.39, 0.29) is 18.2 Å². The number of hydrogen-bond acceptors (Lipinski definition) is 2. The predicted octanol–water partition coefficient (Wildman–Crippen LogP) is 3.55. The summed E-state index contributed by atoms with van der Waals surface area (Å²) in [5.41, 5.74) is 2.15. The molecule has 1 fully saturated rings. The lowest BCUT2D eigenvalue weighted by molar-refractivity contribution is -0.115. The highest BCUT2D eigenvalue weighted by Gasteiger charge is 2.23. The third kappa shape index (κ3) is 3.87. The van der Waals surface area contributed by atoms with Crippen molar-refractivity contribution >= 4 is 17.5 Å². The number of nitrogens with zero attached hydrogens (tertiary/aromatic N) is 1. The Morgan fingerprint density at radius 2 is 1.80 bits per heavy atom. The van der Waals surface area contributed by atoms with Gasteiger partial charge in [0.1, 0.15) is 5.82 Å². The Morgan fingerprint density at radius 3 is 2.52 bits per heavy atom. The minimum atomic E-state index is -0.407. The number of nitrogens with one attached hydrogen (secondary N) is 1. The third-order valence-corrected chi connectivity index (χ3v) is 4.47. The molecule has 0 unspecified atom stereocenters. The van der Waals surface area contributed by atoms with E-state index in [2.05, 4.69) is 5.32 Å². The lowest BCUT2D eigenvalue weighted by Gasteiger charge is -2.19. The summed E-state index contributed by atoms with van der Waals surface area (Å²) in [5, 5.41) is 2.81. The van der Waals surface area contributed by atoms with Crippen LogP contribution in [-0.4, -0.2) is 29.8 Å². The first-order chi connectivity index (χ1) is 12.1. The molecule has 0 aliphatic carbocycles. The molecule has 0 bridgehead atoms. The predicted molar refractivity (Wildman–Crippen MR) is 95.1 cm³/mol. The molecule has 1 saturated heterocycles. The molecular weight excluding hydrogens is 319 g/mol. The monoisotopic (exact) mass is 340 g/mol. The SMILES string of the molecule is Cc1cccc(C(=O)N2CCCC2)c1NC(=O)Cc1ccccc1F. The number of carbonyl (C=O) groups is 2. The highest BCUT2D eigenvalue weighted by atomic mass is 19.1. The summed E-state index contributed by atoms with van der Waals surface area (Å²) in [6.45, 7) is 3.34. The minimum absolute atomic E-state index is 0.0672. The van der Waals surface area contributed by atoms with E-state index >= 15 is 0 Å². The molecule has 1 aliphatic heterocycles. The van der Waals surface area contributed by atoms with Gasteiger partial charge in [0, 0.05) is 13.1 Å². The van der Waals surface area contributed by atoms with E-state index in [0.717, 1.165) is 31.5 Å². The van der Waals surface area contributed by atoms with E-state index in [1.807, 2.05) is 19.1 Å². The van der Waals surface area contributed by atoms with Crippen molar-refractivity contribution in [2.24, 2.45) is 0 Å². The second-order valence-corrected chi connectivity index (χ2v) is 6.31. The van der Waals surface area contributed by atoms with Crippen LogP contribution in [0, 0.1) is 12.7 Å². The average Bonchev–Trinajstić information content (AvgIpc) is 3.13. The van der Waals surface area contributed by atoms with Crippen LogP contribution in [0.15, 0.2) is 42.5 Å².